The Hall–Kier alpha value is -1.42. The van der Waals surface area contributed by atoms with Crippen LogP contribution in [0, 0.1) is 0 Å². The van der Waals surface area contributed by atoms with Crippen LogP contribution in [-0.4, -0.2) is 30.0 Å². The van der Waals surface area contributed by atoms with E-state index < -0.39 is 0 Å². The number of rotatable bonds is 6. The van der Waals surface area contributed by atoms with Crippen molar-refractivity contribution in [2.75, 3.05) is 13.0 Å². The average molecular weight is 272 g/mol. The molecule has 1 aromatic carbocycles. The molecule has 0 heterocycles. The molecule has 1 atom stereocenters. The Morgan fingerprint density at radius 2 is 2.28 bits per heavy atom. The lowest BCUT2D eigenvalue weighted by molar-refractivity contribution is 0.0935. The first-order valence-electron chi connectivity index (χ1n) is 5.83. The van der Waals surface area contributed by atoms with Gasteiger partial charge in [0.1, 0.15) is 0 Å². The molecule has 1 rings (SSSR count). The van der Waals surface area contributed by atoms with Crippen LogP contribution in [-0.2, 0) is 0 Å². The van der Waals surface area contributed by atoms with E-state index in [0.717, 1.165) is 12.8 Å². The van der Waals surface area contributed by atoms with E-state index >= 15 is 0 Å². The van der Waals surface area contributed by atoms with Crippen LogP contribution in [0.25, 0.3) is 0 Å². The highest BCUT2D eigenvalue weighted by atomic mass is 35.5. The van der Waals surface area contributed by atoms with Gasteiger partial charge < -0.3 is 15.2 Å². The fourth-order valence-corrected chi connectivity index (χ4v) is 1.78. The van der Waals surface area contributed by atoms with Gasteiger partial charge >= 0.3 is 0 Å². The van der Waals surface area contributed by atoms with E-state index in [0.29, 0.717) is 5.88 Å². The molecule has 1 aromatic rings. The number of carbonyl (C=O) groups is 1. The Morgan fingerprint density at radius 3 is 2.89 bits per heavy atom. The maximum Gasteiger partial charge on any atom is 0.255 e. The van der Waals surface area contributed by atoms with Gasteiger partial charge in [0.05, 0.1) is 12.7 Å². The van der Waals surface area contributed by atoms with E-state index in [4.69, 9.17) is 16.3 Å². The predicted molar refractivity (Wildman–Crippen MR) is 71.5 cm³/mol. The highest BCUT2D eigenvalue weighted by molar-refractivity contribution is 6.17. The molecule has 0 saturated heterocycles. The molecule has 0 aliphatic heterocycles. The lowest BCUT2D eigenvalue weighted by Gasteiger charge is -2.14. The van der Waals surface area contributed by atoms with E-state index in [9.17, 15) is 9.90 Å². The van der Waals surface area contributed by atoms with E-state index in [2.05, 4.69) is 5.32 Å². The van der Waals surface area contributed by atoms with Crippen molar-refractivity contribution in [3.8, 4) is 11.5 Å². The molecule has 18 heavy (non-hydrogen) atoms. The molecule has 5 heteroatoms. The number of hydrogen-bond acceptors (Lipinski definition) is 3. The molecular formula is C13H18ClNO3. The number of benzene rings is 1. The number of para-hydroxylation sites is 1. The first-order chi connectivity index (χ1) is 8.60. The van der Waals surface area contributed by atoms with Crippen molar-refractivity contribution < 1.29 is 14.6 Å². The molecule has 0 fully saturated rings. The Kier molecular flexibility index (Phi) is 5.78. The number of nitrogens with one attached hydrogen (secondary N) is 1. The fourth-order valence-electron chi connectivity index (χ4n) is 1.63. The first-order valence-corrected chi connectivity index (χ1v) is 6.36. The van der Waals surface area contributed by atoms with Gasteiger partial charge in [0.15, 0.2) is 11.5 Å². The number of ether oxygens (including phenoxy) is 1. The van der Waals surface area contributed by atoms with E-state index in [1.165, 1.54) is 7.11 Å². The van der Waals surface area contributed by atoms with Crippen molar-refractivity contribution in [2.24, 2.45) is 0 Å². The monoisotopic (exact) mass is 271 g/mol. The number of hydrogen-bond donors (Lipinski definition) is 2. The summed E-state index contributed by atoms with van der Waals surface area (Å²) in [7, 11) is 1.44. The number of halogens is 1. The average Bonchev–Trinajstić information content (AvgIpc) is 2.36. The van der Waals surface area contributed by atoms with Gasteiger partial charge in [0.25, 0.3) is 5.91 Å². The van der Waals surface area contributed by atoms with Crippen LogP contribution in [0.5, 0.6) is 11.5 Å². The summed E-state index contributed by atoms with van der Waals surface area (Å²) in [6.45, 7) is 1.90. The maximum atomic E-state index is 11.9. The summed E-state index contributed by atoms with van der Waals surface area (Å²) in [5.41, 5.74) is 0.215. The molecule has 2 N–H and O–H groups in total. The van der Waals surface area contributed by atoms with E-state index in [1.807, 2.05) is 6.92 Å². The lowest BCUT2D eigenvalue weighted by atomic mass is 10.1. The Bertz CT molecular complexity index is 409. The van der Waals surface area contributed by atoms with Crippen molar-refractivity contribution >= 4 is 17.5 Å². The molecule has 0 radical (unpaired) electrons. The van der Waals surface area contributed by atoms with Gasteiger partial charge in [0.2, 0.25) is 0 Å². The predicted octanol–water partition coefficient (Wildman–Crippen LogP) is 2.54. The summed E-state index contributed by atoms with van der Waals surface area (Å²) in [4.78, 5) is 11.9. The van der Waals surface area contributed by atoms with Crippen LogP contribution < -0.4 is 10.1 Å². The zero-order chi connectivity index (χ0) is 13.5. The second-order valence-electron chi connectivity index (χ2n) is 4.06. The van der Waals surface area contributed by atoms with Gasteiger partial charge in [-0.05, 0) is 31.9 Å². The number of alkyl halides is 1. The van der Waals surface area contributed by atoms with E-state index in [-0.39, 0.29) is 29.0 Å². The van der Waals surface area contributed by atoms with Gasteiger partial charge in [-0.25, -0.2) is 0 Å². The fraction of sp³-hybridized carbons (Fsp3) is 0.462. The number of phenolic OH excluding ortho intramolecular Hbond substituents is 1. The topological polar surface area (TPSA) is 58.6 Å². The Labute approximate surface area is 112 Å². The number of carbonyl (C=O) groups excluding carboxylic acids is 1. The summed E-state index contributed by atoms with van der Waals surface area (Å²) < 4.78 is 4.96. The van der Waals surface area contributed by atoms with E-state index in [1.54, 1.807) is 18.2 Å². The summed E-state index contributed by atoms with van der Waals surface area (Å²) in [5.74, 6) is 0.413. The third-order valence-corrected chi connectivity index (χ3v) is 2.88. The van der Waals surface area contributed by atoms with Crippen molar-refractivity contribution in [3.63, 3.8) is 0 Å². The van der Waals surface area contributed by atoms with Crippen LogP contribution in [0.2, 0.25) is 0 Å². The molecule has 1 unspecified atom stereocenters. The van der Waals surface area contributed by atoms with Crippen LogP contribution in [0.3, 0.4) is 0 Å². The van der Waals surface area contributed by atoms with Gasteiger partial charge in [-0.15, -0.1) is 11.6 Å². The number of amides is 1. The molecule has 0 saturated carbocycles. The van der Waals surface area contributed by atoms with Crippen LogP contribution >= 0.6 is 11.6 Å². The Balaban J connectivity index is 2.72. The zero-order valence-corrected chi connectivity index (χ0v) is 11.3. The summed E-state index contributed by atoms with van der Waals surface area (Å²) in [6.07, 6.45) is 1.65. The van der Waals surface area contributed by atoms with Crippen molar-refractivity contribution in [3.05, 3.63) is 23.8 Å². The minimum absolute atomic E-state index is 0.0156. The number of methoxy groups -OCH3 is 1. The summed E-state index contributed by atoms with van der Waals surface area (Å²) >= 11 is 5.59. The second kappa shape index (κ2) is 7.11. The molecule has 0 bridgehead atoms. The Morgan fingerprint density at radius 1 is 1.56 bits per heavy atom. The number of aromatic hydroxyl groups is 1. The molecule has 1 amide bonds. The van der Waals surface area contributed by atoms with Crippen LogP contribution in [0.15, 0.2) is 18.2 Å². The lowest BCUT2D eigenvalue weighted by Crippen LogP contribution is -2.32. The van der Waals surface area contributed by atoms with Crippen molar-refractivity contribution in [1.82, 2.24) is 5.32 Å². The smallest absolute Gasteiger partial charge is 0.255 e. The largest absolute Gasteiger partial charge is 0.504 e. The van der Waals surface area contributed by atoms with Gasteiger partial charge in [-0.3, -0.25) is 4.79 Å². The molecule has 100 valence electrons. The molecular weight excluding hydrogens is 254 g/mol. The maximum absolute atomic E-state index is 11.9. The highest BCUT2D eigenvalue weighted by Crippen LogP contribution is 2.29. The van der Waals surface area contributed by atoms with Crippen LogP contribution in [0.4, 0.5) is 0 Å². The molecule has 0 aromatic heterocycles. The standard InChI is InChI=1S/C13H18ClNO3/c1-9(5-4-8-14)15-13(17)10-6-3-7-11(18-2)12(10)16/h3,6-7,9,16H,4-5,8H2,1-2H3,(H,15,17). The minimum Gasteiger partial charge on any atom is -0.504 e. The number of phenols is 1. The highest BCUT2D eigenvalue weighted by Gasteiger charge is 2.16. The molecule has 0 aliphatic rings. The molecule has 0 spiro atoms. The minimum atomic E-state index is -0.312. The third-order valence-electron chi connectivity index (χ3n) is 2.61. The summed E-state index contributed by atoms with van der Waals surface area (Å²) in [5, 5.41) is 12.7. The molecule has 4 nitrogen and oxygen atoms in total. The van der Waals surface area contributed by atoms with Gasteiger partial charge in [0, 0.05) is 11.9 Å². The van der Waals surface area contributed by atoms with Crippen molar-refractivity contribution in [2.45, 2.75) is 25.8 Å². The normalized spacial score (nSPS) is 11.9. The second-order valence-corrected chi connectivity index (χ2v) is 4.44. The third kappa shape index (κ3) is 3.81. The molecule has 0 aliphatic carbocycles. The van der Waals surface area contributed by atoms with Gasteiger partial charge in [-0.2, -0.15) is 0 Å². The van der Waals surface area contributed by atoms with Crippen LogP contribution in [0.1, 0.15) is 30.1 Å². The summed E-state index contributed by atoms with van der Waals surface area (Å²) in [6, 6.07) is 4.84. The first kappa shape index (κ1) is 14.6. The zero-order valence-electron chi connectivity index (χ0n) is 10.6. The van der Waals surface area contributed by atoms with Crippen molar-refractivity contribution in [1.29, 1.82) is 0 Å². The van der Waals surface area contributed by atoms with Gasteiger partial charge in [-0.1, -0.05) is 6.07 Å². The quantitative estimate of drug-likeness (QED) is 0.782. The SMILES string of the molecule is COc1cccc(C(=O)NC(C)CCCCl)c1O.